The molecule has 3 nitrogen and oxygen atoms in total. The van der Waals surface area contributed by atoms with E-state index in [1.165, 1.54) is 18.2 Å². The van der Waals surface area contributed by atoms with Gasteiger partial charge in [-0.2, -0.15) is 0 Å². The van der Waals surface area contributed by atoms with E-state index in [9.17, 15) is 14.3 Å². The fraction of sp³-hybridized carbons (Fsp3) is 0.462. The first-order chi connectivity index (χ1) is 8.40. The fourth-order valence-corrected chi connectivity index (χ4v) is 2.14. The van der Waals surface area contributed by atoms with Gasteiger partial charge in [-0.3, -0.25) is 4.79 Å². The maximum absolute atomic E-state index is 12.9. The van der Waals surface area contributed by atoms with E-state index in [0.29, 0.717) is 22.4 Å². The highest BCUT2D eigenvalue weighted by molar-refractivity contribution is 9.10. The van der Waals surface area contributed by atoms with Crippen LogP contribution in [0.2, 0.25) is 0 Å². The normalized spacial score (nSPS) is 12.6. The lowest BCUT2D eigenvalue weighted by atomic mass is 10.1. The Balaban J connectivity index is 2.55. The summed E-state index contributed by atoms with van der Waals surface area (Å²) in [6.07, 6.45) is 0.0680. The Bertz CT molecular complexity index is 423. The maximum Gasteiger partial charge on any atom is 0.252 e. The second-order valence-electron chi connectivity index (χ2n) is 4.62. The molecule has 0 aliphatic rings. The highest BCUT2D eigenvalue weighted by Crippen LogP contribution is 2.17. The average molecular weight is 318 g/mol. The van der Waals surface area contributed by atoms with Gasteiger partial charge in [-0.05, 0) is 46.5 Å². The molecule has 1 atom stereocenters. The van der Waals surface area contributed by atoms with E-state index < -0.39 is 11.9 Å². The van der Waals surface area contributed by atoms with Crippen molar-refractivity contribution in [3.05, 3.63) is 34.1 Å². The maximum atomic E-state index is 12.9. The number of hydrogen-bond donors (Lipinski definition) is 2. The predicted octanol–water partition coefficient (Wildman–Crippen LogP) is 2.73. The molecule has 100 valence electrons. The number of benzene rings is 1. The molecule has 0 heterocycles. The van der Waals surface area contributed by atoms with Crippen LogP contribution in [0.15, 0.2) is 22.7 Å². The van der Waals surface area contributed by atoms with Crippen molar-refractivity contribution in [2.75, 3.05) is 6.54 Å². The van der Waals surface area contributed by atoms with Crippen LogP contribution in [0, 0.1) is 11.7 Å². The lowest BCUT2D eigenvalue weighted by Crippen LogP contribution is -2.33. The van der Waals surface area contributed by atoms with E-state index in [-0.39, 0.29) is 12.5 Å². The first-order valence-electron chi connectivity index (χ1n) is 5.81. The molecule has 1 aromatic rings. The summed E-state index contributed by atoms with van der Waals surface area (Å²) in [5.74, 6) is -0.364. The summed E-state index contributed by atoms with van der Waals surface area (Å²) in [5, 5.41) is 12.3. The Hall–Kier alpha value is -0.940. The number of carbonyl (C=O) groups is 1. The summed E-state index contributed by atoms with van der Waals surface area (Å²) in [6, 6.07) is 3.87. The van der Waals surface area contributed by atoms with Gasteiger partial charge >= 0.3 is 0 Å². The molecule has 0 saturated heterocycles. The molecule has 2 N–H and O–H groups in total. The van der Waals surface area contributed by atoms with Gasteiger partial charge in [0.05, 0.1) is 11.7 Å². The molecule has 0 aromatic heterocycles. The Labute approximate surface area is 115 Å². The van der Waals surface area contributed by atoms with E-state index in [0.717, 1.165) is 0 Å². The summed E-state index contributed by atoms with van der Waals surface area (Å²) in [6.45, 7) is 4.20. The molecule has 1 rings (SSSR count). The van der Waals surface area contributed by atoms with Gasteiger partial charge in [0.1, 0.15) is 5.82 Å². The number of nitrogens with one attached hydrogen (secondary N) is 1. The van der Waals surface area contributed by atoms with Crippen LogP contribution in [-0.2, 0) is 0 Å². The standard InChI is InChI=1S/C13H17BrFNO2/c1-8(2)5-10(17)7-16-13(18)11-4-3-9(15)6-12(11)14/h3-4,6,8,10,17H,5,7H2,1-2H3,(H,16,18). The molecular formula is C13H17BrFNO2. The molecule has 5 heteroatoms. The number of aliphatic hydroxyl groups is 1. The third-order valence-electron chi connectivity index (χ3n) is 2.42. The molecule has 0 saturated carbocycles. The second kappa shape index (κ2) is 6.85. The first kappa shape index (κ1) is 15.1. The van der Waals surface area contributed by atoms with Gasteiger partial charge in [-0.1, -0.05) is 13.8 Å². The lowest BCUT2D eigenvalue weighted by Gasteiger charge is -2.14. The number of amides is 1. The summed E-state index contributed by atoms with van der Waals surface area (Å²) in [7, 11) is 0. The molecular weight excluding hydrogens is 301 g/mol. The van der Waals surface area contributed by atoms with E-state index in [1.54, 1.807) is 0 Å². The zero-order valence-corrected chi connectivity index (χ0v) is 12.0. The van der Waals surface area contributed by atoms with Gasteiger partial charge in [-0.25, -0.2) is 4.39 Å². The van der Waals surface area contributed by atoms with E-state index in [2.05, 4.69) is 21.2 Å². The zero-order chi connectivity index (χ0) is 13.7. The van der Waals surface area contributed by atoms with Gasteiger partial charge in [0.2, 0.25) is 0 Å². The Morgan fingerprint density at radius 2 is 2.17 bits per heavy atom. The van der Waals surface area contributed by atoms with Crippen LogP contribution in [0.1, 0.15) is 30.6 Å². The van der Waals surface area contributed by atoms with E-state index in [4.69, 9.17) is 0 Å². The van der Waals surface area contributed by atoms with Crippen molar-refractivity contribution in [3.63, 3.8) is 0 Å². The third-order valence-corrected chi connectivity index (χ3v) is 3.07. The van der Waals surface area contributed by atoms with Crippen LogP contribution in [0.4, 0.5) is 4.39 Å². The van der Waals surface area contributed by atoms with Gasteiger partial charge in [0, 0.05) is 11.0 Å². The molecule has 0 spiro atoms. The monoisotopic (exact) mass is 317 g/mol. The van der Waals surface area contributed by atoms with Crippen LogP contribution in [0.3, 0.4) is 0 Å². The predicted molar refractivity (Wildman–Crippen MR) is 71.9 cm³/mol. The van der Waals surface area contributed by atoms with Crippen molar-refractivity contribution < 1.29 is 14.3 Å². The lowest BCUT2D eigenvalue weighted by molar-refractivity contribution is 0.0899. The molecule has 0 radical (unpaired) electrons. The highest BCUT2D eigenvalue weighted by Gasteiger charge is 2.13. The van der Waals surface area contributed by atoms with Crippen molar-refractivity contribution in [3.8, 4) is 0 Å². The Morgan fingerprint density at radius 1 is 1.50 bits per heavy atom. The second-order valence-corrected chi connectivity index (χ2v) is 5.47. The van der Waals surface area contributed by atoms with E-state index >= 15 is 0 Å². The van der Waals surface area contributed by atoms with Crippen LogP contribution < -0.4 is 5.32 Å². The van der Waals surface area contributed by atoms with E-state index in [1.807, 2.05) is 13.8 Å². The number of halogens is 2. The minimum absolute atomic E-state index is 0.195. The van der Waals surface area contributed by atoms with Crippen LogP contribution in [0.5, 0.6) is 0 Å². The van der Waals surface area contributed by atoms with Gasteiger partial charge in [-0.15, -0.1) is 0 Å². The van der Waals surface area contributed by atoms with Crippen molar-refractivity contribution in [2.45, 2.75) is 26.4 Å². The summed E-state index contributed by atoms with van der Waals surface area (Å²) in [4.78, 5) is 11.8. The molecule has 0 aliphatic carbocycles. The minimum atomic E-state index is -0.562. The van der Waals surface area contributed by atoms with Crippen LogP contribution in [0.25, 0.3) is 0 Å². The number of carbonyl (C=O) groups excluding carboxylic acids is 1. The molecule has 1 amide bonds. The van der Waals surface area contributed by atoms with Crippen LogP contribution in [-0.4, -0.2) is 23.7 Å². The van der Waals surface area contributed by atoms with Crippen molar-refractivity contribution >= 4 is 21.8 Å². The van der Waals surface area contributed by atoms with Crippen molar-refractivity contribution in [2.24, 2.45) is 5.92 Å². The van der Waals surface area contributed by atoms with Crippen molar-refractivity contribution in [1.29, 1.82) is 0 Å². The highest BCUT2D eigenvalue weighted by atomic mass is 79.9. The molecule has 0 bridgehead atoms. The summed E-state index contributed by atoms with van der Waals surface area (Å²) < 4.78 is 13.3. The van der Waals surface area contributed by atoms with Gasteiger partial charge in [0.15, 0.2) is 0 Å². The quantitative estimate of drug-likeness (QED) is 0.877. The molecule has 1 unspecified atom stereocenters. The number of aliphatic hydroxyl groups excluding tert-OH is 1. The smallest absolute Gasteiger partial charge is 0.252 e. The Kier molecular flexibility index (Phi) is 5.75. The zero-order valence-electron chi connectivity index (χ0n) is 10.4. The average Bonchev–Trinajstić information content (AvgIpc) is 2.25. The fourth-order valence-electron chi connectivity index (χ4n) is 1.61. The molecule has 1 aromatic carbocycles. The summed E-state index contributed by atoms with van der Waals surface area (Å²) in [5.41, 5.74) is 0.355. The minimum Gasteiger partial charge on any atom is -0.391 e. The van der Waals surface area contributed by atoms with Gasteiger partial charge < -0.3 is 10.4 Å². The largest absolute Gasteiger partial charge is 0.391 e. The molecule has 18 heavy (non-hydrogen) atoms. The topological polar surface area (TPSA) is 49.3 Å². The SMILES string of the molecule is CC(C)CC(O)CNC(=O)c1ccc(F)cc1Br. The molecule has 0 fully saturated rings. The third kappa shape index (κ3) is 4.74. The molecule has 0 aliphatic heterocycles. The first-order valence-corrected chi connectivity index (χ1v) is 6.60. The van der Waals surface area contributed by atoms with Crippen molar-refractivity contribution in [1.82, 2.24) is 5.32 Å². The van der Waals surface area contributed by atoms with Crippen LogP contribution >= 0.6 is 15.9 Å². The Morgan fingerprint density at radius 3 is 2.72 bits per heavy atom. The summed E-state index contributed by atoms with van der Waals surface area (Å²) >= 11 is 3.13. The van der Waals surface area contributed by atoms with Gasteiger partial charge in [0.25, 0.3) is 5.91 Å². The number of hydrogen-bond acceptors (Lipinski definition) is 2. The number of rotatable bonds is 5.